The minimum absolute atomic E-state index is 0. The zero-order valence-electron chi connectivity index (χ0n) is 15.3. The van der Waals surface area contributed by atoms with Crippen LogP contribution in [0.15, 0.2) is 12.4 Å². The van der Waals surface area contributed by atoms with Crippen molar-refractivity contribution in [1.29, 1.82) is 0 Å². The molecular weight excluding hydrogens is 399 g/mol. The number of aromatic nitrogens is 2. The fourth-order valence-electron chi connectivity index (χ4n) is 3.57. The summed E-state index contributed by atoms with van der Waals surface area (Å²) in [4.78, 5) is 6.79. The Hall–Kier alpha value is -0.380. The molecule has 7 nitrogen and oxygen atoms in total. The monoisotopic (exact) mass is 428 g/mol. The summed E-state index contributed by atoms with van der Waals surface area (Å²) in [6, 6.07) is 0.0323. The molecule has 1 saturated carbocycles. The van der Waals surface area contributed by atoms with Gasteiger partial charge in [0, 0.05) is 45.2 Å². The molecular formula is C16H30Cl2N4O3S. The van der Waals surface area contributed by atoms with Crippen molar-refractivity contribution in [2.75, 3.05) is 32.6 Å². The quantitative estimate of drug-likeness (QED) is 0.644. The number of sulfonamides is 1. The Balaban J connectivity index is 0.00000169. The van der Waals surface area contributed by atoms with Gasteiger partial charge in [0.25, 0.3) is 0 Å². The van der Waals surface area contributed by atoms with E-state index in [9.17, 15) is 8.42 Å². The van der Waals surface area contributed by atoms with Gasteiger partial charge in [-0.2, -0.15) is 0 Å². The molecule has 2 heterocycles. The topological polar surface area (TPSA) is 76.5 Å². The van der Waals surface area contributed by atoms with Gasteiger partial charge >= 0.3 is 0 Å². The highest BCUT2D eigenvalue weighted by Gasteiger charge is 2.43. The van der Waals surface area contributed by atoms with Crippen molar-refractivity contribution in [3.8, 4) is 0 Å². The molecule has 1 aromatic heterocycles. The SMILES string of the molecule is CCS(=O)(=O)N[C@H]1CN(Cc2nccn2CCOC)C[C@@H]1C1CC1.Cl.Cl. The molecule has 0 bridgehead atoms. The molecule has 2 fully saturated rings. The summed E-state index contributed by atoms with van der Waals surface area (Å²) in [7, 11) is -1.47. The lowest BCUT2D eigenvalue weighted by Gasteiger charge is -2.18. The van der Waals surface area contributed by atoms with Gasteiger partial charge in [-0.3, -0.25) is 4.90 Å². The van der Waals surface area contributed by atoms with Crippen molar-refractivity contribution in [3.05, 3.63) is 18.2 Å². The number of nitrogens with one attached hydrogen (secondary N) is 1. The molecule has 1 saturated heterocycles. The van der Waals surface area contributed by atoms with Crippen LogP contribution in [0.2, 0.25) is 0 Å². The molecule has 0 spiro atoms. The molecule has 1 aliphatic heterocycles. The van der Waals surface area contributed by atoms with Gasteiger partial charge in [-0.1, -0.05) is 0 Å². The molecule has 0 radical (unpaired) electrons. The minimum Gasteiger partial charge on any atom is -0.383 e. The van der Waals surface area contributed by atoms with Crippen molar-refractivity contribution < 1.29 is 13.2 Å². The molecule has 1 aliphatic carbocycles. The summed E-state index contributed by atoms with van der Waals surface area (Å²) in [5.41, 5.74) is 0. The predicted molar refractivity (Wildman–Crippen MR) is 106 cm³/mol. The molecule has 3 rings (SSSR count). The van der Waals surface area contributed by atoms with E-state index in [-0.39, 0.29) is 36.6 Å². The fourth-order valence-corrected chi connectivity index (χ4v) is 4.45. The third-order valence-corrected chi connectivity index (χ3v) is 6.50. The molecule has 1 aromatic rings. The van der Waals surface area contributed by atoms with Crippen molar-refractivity contribution in [1.82, 2.24) is 19.2 Å². The third kappa shape index (κ3) is 6.07. The number of rotatable bonds is 9. The second-order valence-corrected chi connectivity index (χ2v) is 8.90. The Kier molecular flexibility index (Phi) is 9.32. The highest BCUT2D eigenvalue weighted by Crippen LogP contribution is 2.41. The van der Waals surface area contributed by atoms with Gasteiger partial charge in [0.15, 0.2) is 0 Å². The fraction of sp³-hybridized carbons (Fsp3) is 0.812. The number of nitrogens with zero attached hydrogens (tertiary/aromatic N) is 3. The molecule has 26 heavy (non-hydrogen) atoms. The van der Waals surface area contributed by atoms with Gasteiger partial charge in [-0.15, -0.1) is 24.8 Å². The number of hydrogen-bond donors (Lipinski definition) is 1. The first-order valence-corrected chi connectivity index (χ1v) is 10.4. The maximum atomic E-state index is 12.0. The molecule has 0 amide bonds. The largest absolute Gasteiger partial charge is 0.383 e. The maximum absolute atomic E-state index is 12.0. The Labute approximate surface area is 168 Å². The van der Waals surface area contributed by atoms with E-state index >= 15 is 0 Å². The van der Waals surface area contributed by atoms with Crippen LogP contribution in [-0.2, 0) is 27.8 Å². The van der Waals surface area contributed by atoms with Gasteiger partial charge in [0.05, 0.1) is 18.9 Å². The third-order valence-electron chi connectivity index (χ3n) is 5.08. The molecule has 0 unspecified atom stereocenters. The Morgan fingerprint density at radius 1 is 1.31 bits per heavy atom. The highest BCUT2D eigenvalue weighted by atomic mass is 35.5. The smallest absolute Gasteiger partial charge is 0.211 e. The highest BCUT2D eigenvalue weighted by molar-refractivity contribution is 7.89. The number of imidazole rings is 1. The first-order chi connectivity index (χ1) is 11.5. The van der Waals surface area contributed by atoms with Crippen LogP contribution in [0.25, 0.3) is 0 Å². The van der Waals surface area contributed by atoms with E-state index in [2.05, 4.69) is 19.2 Å². The summed E-state index contributed by atoms with van der Waals surface area (Å²) < 4.78 is 34.1. The summed E-state index contributed by atoms with van der Waals surface area (Å²) in [5.74, 6) is 2.25. The van der Waals surface area contributed by atoms with E-state index in [1.54, 1.807) is 14.0 Å². The number of halogens is 2. The van der Waals surface area contributed by atoms with Crippen LogP contribution in [-0.4, -0.2) is 61.5 Å². The van der Waals surface area contributed by atoms with Crippen molar-refractivity contribution in [2.45, 2.75) is 38.9 Å². The van der Waals surface area contributed by atoms with Crippen molar-refractivity contribution >= 4 is 34.8 Å². The number of likely N-dealkylation sites (tertiary alicyclic amines) is 1. The standard InChI is InChI=1S/C16H28N4O3S.2ClH/c1-3-24(21,22)18-15-11-19(10-14(15)13-4-5-13)12-16-17-6-7-20(16)8-9-23-2;;/h6-7,13-15,18H,3-5,8-12H2,1-2H3;2*1H/t14-,15+;;/m1../s1. The maximum Gasteiger partial charge on any atom is 0.211 e. The van der Waals surface area contributed by atoms with Gasteiger partial charge in [-0.25, -0.2) is 18.1 Å². The second kappa shape index (κ2) is 10.2. The Morgan fingerprint density at radius 2 is 2.04 bits per heavy atom. The van der Waals surface area contributed by atoms with Gasteiger partial charge in [0.1, 0.15) is 5.82 Å². The Bertz CT molecular complexity index is 652. The van der Waals surface area contributed by atoms with Gasteiger partial charge in [0.2, 0.25) is 10.0 Å². The summed E-state index contributed by atoms with van der Waals surface area (Å²) in [6.07, 6.45) is 6.24. The van der Waals surface area contributed by atoms with E-state index in [0.29, 0.717) is 18.4 Å². The average molecular weight is 429 g/mol. The first-order valence-electron chi connectivity index (χ1n) is 8.73. The van der Waals surface area contributed by atoms with E-state index in [1.165, 1.54) is 12.8 Å². The molecule has 1 N–H and O–H groups in total. The molecule has 0 aromatic carbocycles. The van der Waals surface area contributed by atoms with E-state index in [1.807, 2.05) is 12.4 Å². The first kappa shape index (κ1) is 23.7. The van der Waals surface area contributed by atoms with Crippen LogP contribution < -0.4 is 4.72 Å². The number of hydrogen-bond acceptors (Lipinski definition) is 5. The molecule has 152 valence electrons. The zero-order chi connectivity index (χ0) is 17.2. The lowest BCUT2D eigenvalue weighted by molar-refractivity contribution is 0.184. The Morgan fingerprint density at radius 3 is 2.65 bits per heavy atom. The van der Waals surface area contributed by atoms with Crippen molar-refractivity contribution in [3.63, 3.8) is 0 Å². The zero-order valence-corrected chi connectivity index (χ0v) is 17.8. The van der Waals surface area contributed by atoms with E-state index in [0.717, 1.165) is 32.0 Å². The van der Waals surface area contributed by atoms with E-state index < -0.39 is 10.0 Å². The molecule has 2 aliphatic rings. The van der Waals surface area contributed by atoms with Crippen LogP contribution in [0.5, 0.6) is 0 Å². The predicted octanol–water partition coefficient (Wildman–Crippen LogP) is 1.52. The van der Waals surface area contributed by atoms with Crippen LogP contribution in [0.1, 0.15) is 25.6 Å². The number of ether oxygens (including phenoxy) is 1. The van der Waals surface area contributed by atoms with Crippen molar-refractivity contribution in [2.24, 2.45) is 11.8 Å². The van der Waals surface area contributed by atoms with Crippen LogP contribution in [0.4, 0.5) is 0 Å². The lowest BCUT2D eigenvalue weighted by atomic mass is 9.99. The van der Waals surface area contributed by atoms with Gasteiger partial charge < -0.3 is 9.30 Å². The van der Waals surface area contributed by atoms with Crippen LogP contribution in [0.3, 0.4) is 0 Å². The summed E-state index contributed by atoms with van der Waals surface area (Å²) in [6.45, 7) is 5.60. The molecule has 2 atom stereocenters. The normalized spacial score (nSPS) is 23.5. The summed E-state index contributed by atoms with van der Waals surface area (Å²) >= 11 is 0. The minimum atomic E-state index is -3.16. The van der Waals surface area contributed by atoms with Gasteiger partial charge in [-0.05, 0) is 31.6 Å². The lowest BCUT2D eigenvalue weighted by Crippen LogP contribution is -2.41. The van der Waals surface area contributed by atoms with E-state index in [4.69, 9.17) is 4.74 Å². The van der Waals surface area contributed by atoms with Crippen LogP contribution in [0, 0.1) is 11.8 Å². The summed E-state index contributed by atoms with van der Waals surface area (Å²) in [5, 5.41) is 0. The average Bonchev–Trinajstić information content (AvgIpc) is 3.19. The van der Waals surface area contributed by atoms with Crippen LogP contribution >= 0.6 is 24.8 Å². The molecule has 10 heteroatoms. The number of methoxy groups -OCH3 is 1. The second-order valence-electron chi connectivity index (χ2n) is 6.85.